The predicted molar refractivity (Wildman–Crippen MR) is 130 cm³/mol. The van der Waals surface area contributed by atoms with Gasteiger partial charge in [-0.3, -0.25) is 4.99 Å². The lowest BCUT2D eigenvalue weighted by Gasteiger charge is -2.12. The van der Waals surface area contributed by atoms with Crippen LogP contribution in [-0.2, 0) is 11.3 Å². The van der Waals surface area contributed by atoms with Gasteiger partial charge in [0.2, 0.25) is 5.89 Å². The zero-order chi connectivity index (χ0) is 20.3. The molecule has 0 saturated heterocycles. The standard InChI is InChI=1S/C22H26N4O3.HI/c1-23-22(26-18-10-6-11-20(14-18)28-13-7-12-27-2)24-15-19-16-29-21(25-19)17-8-4-3-5-9-17;/h3-6,8-11,14,16H,7,12-13,15H2,1-2H3,(H2,23,24,26);1H. The van der Waals surface area contributed by atoms with Gasteiger partial charge in [-0.15, -0.1) is 24.0 Å². The molecule has 0 amide bonds. The van der Waals surface area contributed by atoms with E-state index in [1.165, 1.54) is 0 Å². The smallest absolute Gasteiger partial charge is 0.226 e. The summed E-state index contributed by atoms with van der Waals surface area (Å²) in [5.74, 6) is 2.03. The first kappa shape index (κ1) is 23.7. The summed E-state index contributed by atoms with van der Waals surface area (Å²) in [5, 5.41) is 6.49. The maximum Gasteiger partial charge on any atom is 0.226 e. The number of ether oxygens (including phenoxy) is 2. The van der Waals surface area contributed by atoms with Crippen molar-refractivity contribution >= 4 is 35.6 Å². The molecule has 2 N–H and O–H groups in total. The lowest BCUT2D eigenvalue weighted by atomic mass is 10.2. The Morgan fingerprint density at radius 1 is 1.10 bits per heavy atom. The van der Waals surface area contributed by atoms with Gasteiger partial charge in [0.15, 0.2) is 5.96 Å². The van der Waals surface area contributed by atoms with Crippen LogP contribution in [0.2, 0.25) is 0 Å². The van der Waals surface area contributed by atoms with Crippen LogP contribution in [0.15, 0.2) is 70.3 Å². The number of oxazole rings is 1. The molecular formula is C22H27IN4O3. The quantitative estimate of drug-likeness (QED) is 0.186. The molecule has 0 aliphatic rings. The second kappa shape index (κ2) is 12.9. The van der Waals surface area contributed by atoms with E-state index in [0.717, 1.165) is 29.1 Å². The molecule has 1 aromatic heterocycles. The van der Waals surface area contributed by atoms with Gasteiger partial charge in [-0.25, -0.2) is 4.98 Å². The first-order chi connectivity index (χ1) is 14.3. The van der Waals surface area contributed by atoms with Gasteiger partial charge in [0, 0.05) is 44.5 Å². The van der Waals surface area contributed by atoms with Crippen molar-refractivity contribution in [2.45, 2.75) is 13.0 Å². The van der Waals surface area contributed by atoms with Crippen molar-refractivity contribution in [2.24, 2.45) is 4.99 Å². The number of methoxy groups -OCH3 is 1. The fourth-order valence-electron chi connectivity index (χ4n) is 2.65. The monoisotopic (exact) mass is 522 g/mol. The van der Waals surface area contributed by atoms with Gasteiger partial charge in [-0.05, 0) is 24.3 Å². The zero-order valence-electron chi connectivity index (χ0n) is 17.1. The molecule has 3 aromatic rings. The number of benzene rings is 2. The minimum atomic E-state index is 0. The number of nitrogens with one attached hydrogen (secondary N) is 2. The van der Waals surface area contributed by atoms with Gasteiger partial charge in [-0.1, -0.05) is 24.3 Å². The van der Waals surface area contributed by atoms with E-state index in [9.17, 15) is 0 Å². The molecule has 0 saturated carbocycles. The molecule has 0 bridgehead atoms. The molecule has 0 fully saturated rings. The number of anilines is 1. The molecule has 0 atom stereocenters. The van der Waals surface area contributed by atoms with Crippen LogP contribution >= 0.6 is 24.0 Å². The second-order valence-electron chi connectivity index (χ2n) is 6.28. The number of hydrogen-bond donors (Lipinski definition) is 2. The molecule has 30 heavy (non-hydrogen) atoms. The summed E-state index contributed by atoms with van der Waals surface area (Å²) >= 11 is 0. The van der Waals surface area contributed by atoms with Crippen LogP contribution in [0.1, 0.15) is 12.1 Å². The first-order valence-electron chi connectivity index (χ1n) is 9.48. The number of guanidine groups is 1. The van der Waals surface area contributed by atoms with Crippen LogP contribution in [-0.4, -0.2) is 38.3 Å². The van der Waals surface area contributed by atoms with Gasteiger partial charge in [0.05, 0.1) is 18.8 Å². The van der Waals surface area contributed by atoms with E-state index >= 15 is 0 Å². The van der Waals surface area contributed by atoms with Crippen molar-refractivity contribution in [3.63, 3.8) is 0 Å². The molecule has 0 unspecified atom stereocenters. The molecule has 0 radical (unpaired) electrons. The van der Waals surface area contributed by atoms with Gasteiger partial charge in [0.25, 0.3) is 0 Å². The SMILES string of the molecule is CN=C(NCc1coc(-c2ccccc2)n1)Nc1cccc(OCCCOC)c1.I. The highest BCUT2D eigenvalue weighted by Crippen LogP contribution is 2.19. The second-order valence-corrected chi connectivity index (χ2v) is 6.28. The van der Waals surface area contributed by atoms with Crippen molar-refractivity contribution in [3.8, 4) is 17.2 Å². The van der Waals surface area contributed by atoms with Crippen LogP contribution in [0.25, 0.3) is 11.5 Å². The minimum Gasteiger partial charge on any atom is -0.493 e. The predicted octanol–water partition coefficient (Wildman–Crippen LogP) is 4.56. The lowest BCUT2D eigenvalue weighted by molar-refractivity contribution is 0.172. The van der Waals surface area contributed by atoms with Gasteiger partial charge >= 0.3 is 0 Å². The van der Waals surface area contributed by atoms with Gasteiger partial charge < -0.3 is 24.5 Å². The fourth-order valence-corrected chi connectivity index (χ4v) is 2.65. The number of aromatic nitrogens is 1. The summed E-state index contributed by atoms with van der Waals surface area (Å²) in [6.07, 6.45) is 2.50. The molecule has 2 aromatic carbocycles. The summed E-state index contributed by atoms with van der Waals surface area (Å²) in [7, 11) is 3.41. The molecule has 160 valence electrons. The number of rotatable bonds is 9. The average molecular weight is 522 g/mol. The van der Waals surface area contributed by atoms with E-state index in [1.54, 1.807) is 20.4 Å². The van der Waals surface area contributed by atoms with E-state index in [4.69, 9.17) is 13.9 Å². The van der Waals surface area contributed by atoms with E-state index < -0.39 is 0 Å². The Morgan fingerprint density at radius 2 is 1.93 bits per heavy atom. The maximum atomic E-state index is 5.74. The first-order valence-corrected chi connectivity index (χ1v) is 9.48. The van der Waals surface area contributed by atoms with E-state index in [0.29, 0.717) is 31.6 Å². The maximum absolute atomic E-state index is 5.74. The molecule has 3 rings (SSSR count). The topological polar surface area (TPSA) is 80.9 Å². The molecule has 1 heterocycles. The summed E-state index contributed by atoms with van der Waals surface area (Å²) in [5.41, 5.74) is 2.62. The molecule has 0 spiro atoms. The molecule has 7 nitrogen and oxygen atoms in total. The van der Waals surface area contributed by atoms with Crippen LogP contribution in [0.5, 0.6) is 5.75 Å². The number of nitrogens with zero attached hydrogens (tertiary/aromatic N) is 2. The zero-order valence-corrected chi connectivity index (χ0v) is 19.5. The Bertz CT molecular complexity index is 916. The van der Waals surface area contributed by atoms with E-state index in [1.807, 2.05) is 54.6 Å². The molecular weight excluding hydrogens is 495 g/mol. The number of hydrogen-bond acceptors (Lipinski definition) is 5. The van der Waals surface area contributed by atoms with Crippen molar-refractivity contribution in [1.29, 1.82) is 0 Å². The van der Waals surface area contributed by atoms with Crippen molar-refractivity contribution in [3.05, 3.63) is 66.6 Å². The number of halogens is 1. The van der Waals surface area contributed by atoms with Crippen molar-refractivity contribution in [2.75, 3.05) is 32.7 Å². The Kier molecular flexibility index (Phi) is 10.2. The highest BCUT2D eigenvalue weighted by molar-refractivity contribution is 14.0. The minimum absolute atomic E-state index is 0. The Morgan fingerprint density at radius 3 is 2.70 bits per heavy atom. The van der Waals surface area contributed by atoms with Crippen LogP contribution in [0.3, 0.4) is 0 Å². The fraction of sp³-hybridized carbons (Fsp3) is 0.273. The Labute approximate surface area is 193 Å². The summed E-state index contributed by atoms with van der Waals surface area (Å²) < 4.78 is 16.3. The highest BCUT2D eigenvalue weighted by atomic mass is 127. The normalized spacial score (nSPS) is 10.9. The van der Waals surface area contributed by atoms with Crippen LogP contribution in [0, 0.1) is 0 Å². The lowest BCUT2D eigenvalue weighted by Crippen LogP contribution is -2.30. The summed E-state index contributed by atoms with van der Waals surface area (Å²) in [6, 6.07) is 17.6. The van der Waals surface area contributed by atoms with E-state index in [2.05, 4.69) is 20.6 Å². The Balaban J connectivity index is 0.00000320. The largest absolute Gasteiger partial charge is 0.493 e. The average Bonchev–Trinajstić information content (AvgIpc) is 3.24. The molecule has 0 aliphatic heterocycles. The van der Waals surface area contributed by atoms with Crippen LogP contribution < -0.4 is 15.4 Å². The van der Waals surface area contributed by atoms with Crippen molar-refractivity contribution in [1.82, 2.24) is 10.3 Å². The highest BCUT2D eigenvalue weighted by Gasteiger charge is 2.07. The molecule has 0 aliphatic carbocycles. The van der Waals surface area contributed by atoms with Gasteiger partial charge in [-0.2, -0.15) is 0 Å². The van der Waals surface area contributed by atoms with Gasteiger partial charge in [0.1, 0.15) is 12.0 Å². The van der Waals surface area contributed by atoms with Crippen LogP contribution in [0.4, 0.5) is 5.69 Å². The summed E-state index contributed by atoms with van der Waals surface area (Å²) in [6.45, 7) is 1.78. The van der Waals surface area contributed by atoms with Crippen molar-refractivity contribution < 1.29 is 13.9 Å². The third kappa shape index (κ3) is 7.34. The summed E-state index contributed by atoms with van der Waals surface area (Å²) in [4.78, 5) is 8.77. The Hall–Kier alpha value is -2.59. The molecule has 8 heteroatoms. The van der Waals surface area contributed by atoms with E-state index in [-0.39, 0.29) is 24.0 Å². The number of aliphatic imine (C=N–C) groups is 1. The third-order valence-electron chi connectivity index (χ3n) is 4.09. The third-order valence-corrected chi connectivity index (χ3v) is 4.09.